The van der Waals surface area contributed by atoms with Crippen molar-refractivity contribution in [2.45, 2.75) is 0 Å². The lowest BCUT2D eigenvalue weighted by molar-refractivity contribution is -0.387. The van der Waals surface area contributed by atoms with Crippen molar-refractivity contribution in [3.8, 4) is 40.2 Å². The van der Waals surface area contributed by atoms with Crippen LogP contribution in [-0.4, -0.2) is 58.1 Å². The van der Waals surface area contributed by atoms with E-state index in [2.05, 4.69) is 19.9 Å². The van der Waals surface area contributed by atoms with Crippen LogP contribution >= 0.6 is 0 Å². The molecule has 0 saturated carbocycles. The number of aryl methyl sites for hydroxylation is 4. The molecule has 0 saturated heterocycles. The van der Waals surface area contributed by atoms with E-state index in [4.69, 9.17) is 25.1 Å². The van der Waals surface area contributed by atoms with Crippen molar-refractivity contribution in [2.75, 3.05) is 5.73 Å². The predicted molar refractivity (Wildman–Crippen MR) is 295 cm³/mol. The number of nitrogens with zero attached hydrogens (tertiary/aromatic N) is 11. The number of phenols is 1. The van der Waals surface area contributed by atoms with Crippen LogP contribution in [0.5, 0.6) is 40.2 Å². The average Bonchev–Trinajstić information content (AvgIpc) is 4.47. The molecule has 12 rings (SSSR count). The first kappa shape index (κ1) is 57.7. The zero-order valence-corrected chi connectivity index (χ0v) is 43.7. The van der Waals surface area contributed by atoms with E-state index >= 15 is 0 Å². The number of ether oxygens (including phenoxy) is 3. The first-order valence-electron chi connectivity index (χ1n) is 24.0. The Morgan fingerprint density at radius 3 is 1.17 bits per heavy atom. The van der Waals surface area contributed by atoms with E-state index in [9.17, 15) is 52.3 Å². The summed E-state index contributed by atoms with van der Waals surface area (Å²) in [7, 11) is 7.58. The number of rotatable bonds is 9. The maximum absolute atomic E-state index is 13.5. The van der Waals surface area contributed by atoms with Crippen molar-refractivity contribution in [1.82, 2.24) is 38.2 Å². The highest BCUT2D eigenvalue weighted by Gasteiger charge is 2.18. The standard InChI is InChI=1S/2C14H10FN3O3.C14H12FN3O.C8H8N2O.C6H3F2NO2/c1-17-8-16-11-7-10(3-5-12(11)17)21-14-6-9(15)2-4-13(14)18(19)20;1-17-8-16-12-7-10(3-5-14(12)17)21-9-2-4-13(18(19)20)11(15)6-9;1-18-8-17-13-7-10(3-5-14(13)18)19-9-2-4-12(16)11(15)6-9;1-10-5-9-7-4-6(11)2-3-8(7)10;7-4-1-2-6(9(10)11)5(8)3-4/h2*2-8H,1H3;2-8H,16H2,1H3;2-5,11H,1H3;1-3H. The minimum Gasteiger partial charge on any atom is -0.508 e. The van der Waals surface area contributed by atoms with Gasteiger partial charge in [-0.15, -0.1) is 0 Å². The summed E-state index contributed by atoms with van der Waals surface area (Å²) < 4.78 is 88.7. The molecule has 83 heavy (non-hydrogen) atoms. The molecule has 22 nitrogen and oxygen atoms in total. The fourth-order valence-corrected chi connectivity index (χ4v) is 7.68. The van der Waals surface area contributed by atoms with Gasteiger partial charge in [0.25, 0.3) is 0 Å². The molecule has 0 atom stereocenters. The first-order valence-corrected chi connectivity index (χ1v) is 24.0. The zero-order valence-electron chi connectivity index (χ0n) is 43.7. The fourth-order valence-electron chi connectivity index (χ4n) is 7.68. The summed E-state index contributed by atoms with van der Waals surface area (Å²) in [6, 6.07) is 34.0. The number of aromatic hydroxyl groups is 1. The summed E-state index contributed by atoms with van der Waals surface area (Å²) in [5.74, 6) is -1.85. The Morgan fingerprint density at radius 2 is 0.747 bits per heavy atom. The number of hydrogen-bond acceptors (Lipinski definition) is 15. The number of benzene rings is 8. The molecule has 3 N–H and O–H groups in total. The van der Waals surface area contributed by atoms with E-state index in [1.807, 2.05) is 76.8 Å². The summed E-state index contributed by atoms with van der Waals surface area (Å²) in [6.07, 6.45) is 6.79. The molecule has 12 aromatic rings. The number of hydrogen-bond donors (Lipinski definition) is 2. The van der Waals surface area contributed by atoms with Gasteiger partial charge in [0.15, 0.2) is 0 Å². The second-order valence-electron chi connectivity index (χ2n) is 17.6. The summed E-state index contributed by atoms with van der Waals surface area (Å²) in [5, 5.41) is 40.5. The number of nitro benzene ring substituents is 3. The van der Waals surface area contributed by atoms with E-state index < -0.39 is 55.2 Å². The number of aromatic nitrogens is 8. The van der Waals surface area contributed by atoms with E-state index in [1.54, 1.807) is 73.8 Å². The molecule has 0 aliphatic carbocycles. The Hall–Kier alpha value is -11.5. The molecule has 0 unspecified atom stereocenters. The molecule has 0 aliphatic heterocycles. The van der Waals surface area contributed by atoms with Gasteiger partial charge in [-0.1, -0.05) is 0 Å². The van der Waals surface area contributed by atoms with Crippen LogP contribution in [0.1, 0.15) is 0 Å². The van der Waals surface area contributed by atoms with Crippen LogP contribution in [0.2, 0.25) is 0 Å². The van der Waals surface area contributed by atoms with Crippen molar-refractivity contribution < 1.29 is 56.0 Å². The molecule has 0 amide bonds. The van der Waals surface area contributed by atoms with E-state index in [0.717, 1.165) is 81.1 Å². The average molecular weight is 1140 g/mol. The highest BCUT2D eigenvalue weighted by atomic mass is 19.1. The Kier molecular flexibility index (Phi) is 17.4. The summed E-state index contributed by atoms with van der Waals surface area (Å²) in [4.78, 5) is 45.8. The van der Waals surface area contributed by atoms with E-state index in [-0.39, 0.29) is 28.6 Å². The molecule has 0 aliphatic rings. The van der Waals surface area contributed by atoms with Gasteiger partial charge in [-0.2, -0.15) is 8.78 Å². The SMILES string of the molecule is Cn1cnc2cc(O)ccc21.Cn1cnc2cc(Oc3cc(F)ccc3[N+](=O)[O-])ccc21.Cn1cnc2cc(Oc3ccc(N)c(F)c3)ccc21.Cn1cnc2cc(Oc3ccc([N+](=O)[O-])c(F)c3)ccc21.O=[N+]([O-])c1ccc(F)cc1F. The molecule has 4 aromatic heterocycles. The molecule has 0 fully saturated rings. The van der Waals surface area contributed by atoms with Crippen LogP contribution in [-0.2, 0) is 28.2 Å². The van der Waals surface area contributed by atoms with Gasteiger partial charge >= 0.3 is 17.1 Å². The van der Waals surface area contributed by atoms with Crippen molar-refractivity contribution >= 4 is 66.9 Å². The summed E-state index contributed by atoms with van der Waals surface area (Å²) in [6.45, 7) is 0. The monoisotopic (exact) mass is 1140 g/mol. The van der Waals surface area contributed by atoms with Gasteiger partial charge in [0.1, 0.15) is 51.9 Å². The molecule has 0 bridgehead atoms. The summed E-state index contributed by atoms with van der Waals surface area (Å²) >= 11 is 0. The van der Waals surface area contributed by atoms with Crippen molar-refractivity contribution in [1.29, 1.82) is 0 Å². The van der Waals surface area contributed by atoms with Crippen LogP contribution in [0.15, 0.2) is 171 Å². The third kappa shape index (κ3) is 14.2. The van der Waals surface area contributed by atoms with Gasteiger partial charge in [0, 0.05) is 94.9 Å². The minimum atomic E-state index is -1.16. The maximum atomic E-state index is 13.5. The summed E-state index contributed by atoms with van der Waals surface area (Å²) in [5.41, 5.74) is 10.9. The molecule has 27 heteroatoms. The van der Waals surface area contributed by atoms with Gasteiger partial charge in [-0.05, 0) is 78.9 Å². The zero-order chi connectivity index (χ0) is 59.6. The normalized spacial score (nSPS) is 10.6. The number of imidazole rings is 4. The van der Waals surface area contributed by atoms with Crippen LogP contribution in [0, 0.1) is 59.4 Å². The molecular formula is C56H43F5N12O10. The molecule has 0 radical (unpaired) electrons. The van der Waals surface area contributed by atoms with Crippen LogP contribution < -0.4 is 19.9 Å². The molecular weight excluding hydrogens is 1100 g/mol. The number of halogens is 5. The molecule has 8 aromatic carbocycles. The number of phenolic OH excluding ortho intramolecular Hbond substituents is 1. The number of nitrogens with two attached hydrogens (primary N) is 1. The van der Waals surface area contributed by atoms with E-state index in [0.29, 0.717) is 34.6 Å². The Balaban J connectivity index is 0.000000139. The Labute approximate surface area is 464 Å². The number of fused-ring (bicyclic) bond motifs is 4. The van der Waals surface area contributed by atoms with E-state index in [1.165, 1.54) is 18.2 Å². The lowest BCUT2D eigenvalue weighted by Gasteiger charge is -2.06. The number of anilines is 1. The van der Waals surface area contributed by atoms with Gasteiger partial charge in [0.05, 0.1) is 89.9 Å². The minimum absolute atomic E-state index is 0.104. The molecule has 4 heterocycles. The highest BCUT2D eigenvalue weighted by molar-refractivity contribution is 5.79. The largest absolute Gasteiger partial charge is 0.508 e. The quantitative estimate of drug-likeness (QED) is 0.0588. The van der Waals surface area contributed by atoms with Crippen LogP contribution in [0.3, 0.4) is 0 Å². The van der Waals surface area contributed by atoms with Gasteiger partial charge < -0.3 is 43.3 Å². The van der Waals surface area contributed by atoms with Crippen molar-refractivity contribution in [2.24, 2.45) is 28.2 Å². The third-order valence-electron chi connectivity index (χ3n) is 11.8. The lowest BCUT2D eigenvalue weighted by atomic mass is 10.2. The van der Waals surface area contributed by atoms with Gasteiger partial charge in [-0.25, -0.2) is 33.1 Å². The molecule has 0 spiro atoms. The Morgan fingerprint density at radius 1 is 0.410 bits per heavy atom. The Bertz CT molecular complexity index is 4380. The topological polar surface area (TPSA) is 275 Å². The lowest BCUT2D eigenvalue weighted by Crippen LogP contribution is -1.94. The predicted octanol–water partition coefficient (Wildman–Crippen LogP) is 13.1. The first-order chi connectivity index (χ1) is 39.6. The fraction of sp³-hybridized carbons (Fsp3) is 0.0714. The van der Waals surface area contributed by atoms with Crippen molar-refractivity contribution in [3.63, 3.8) is 0 Å². The second-order valence-corrected chi connectivity index (χ2v) is 17.6. The smallest absolute Gasteiger partial charge is 0.311 e. The second kappa shape index (κ2) is 25.1. The van der Waals surface area contributed by atoms with Crippen LogP contribution in [0.4, 0.5) is 44.7 Å². The van der Waals surface area contributed by atoms with Gasteiger partial charge in [0.2, 0.25) is 17.4 Å². The van der Waals surface area contributed by atoms with Gasteiger partial charge in [-0.3, -0.25) is 30.3 Å². The molecule has 422 valence electrons. The highest BCUT2D eigenvalue weighted by Crippen LogP contribution is 2.34. The van der Waals surface area contributed by atoms with Crippen molar-refractivity contribution in [3.05, 3.63) is 230 Å². The van der Waals surface area contributed by atoms with Crippen LogP contribution in [0.25, 0.3) is 44.1 Å². The third-order valence-corrected chi connectivity index (χ3v) is 11.8. The number of nitrogen functional groups attached to an aromatic ring is 1. The maximum Gasteiger partial charge on any atom is 0.311 e. The number of nitro groups is 3.